The molecule has 0 amide bonds. The molecule has 18 heavy (non-hydrogen) atoms. The third-order valence-electron chi connectivity index (χ3n) is 3.83. The summed E-state index contributed by atoms with van der Waals surface area (Å²) in [4.78, 5) is 6.70. The van der Waals surface area contributed by atoms with Gasteiger partial charge in [0.15, 0.2) is 0 Å². The van der Waals surface area contributed by atoms with Gasteiger partial charge < -0.3 is 10.6 Å². The number of aryl methyl sites for hydroxylation is 1. The van der Waals surface area contributed by atoms with E-state index in [0.29, 0.717) is 5.41 Å². The van der Waals surface area contributed by atoms with Crippen molar-refractivity contribution in [2.24, 2.45) is 11.1 Å². The quantitative estimate of drug-likeness (QED) is 0.621. The summed E-state index contributed by atoms with van der Waals surface area (Å²) in [7, 11) is 0. The van der Waals surface area contributed by atoms with Crippen molar-refractivity contribution in [3.63, 3.8) is 0 Å². The molecular weight excluding hydrogens is 224 g/mol. The molecule has 4 nitrogen and oxygen atoms in total. The summed E-state index contributed by atoms with van der Waals surface area (Å²) in [6, 6.07) is 1.91. The van der Waals surface area contributed by atoms with Crippen LogP contribution in [0.3, 0.4) is 0 Å². The molecule has 0 aliphatic carbocycles. The van der Waals surface area contributed by atoms with Gasteiger partial charge in [0.25, 0.3) is 0 Å². The monoisotopic (exact) mass is 246 g/mol. The number of aromatic nitrogens is 1. The Labute approximate surface area is 109 Å². The van der Waals surface area contributed by atoms with Gasteiger partial charge in [0, 0.05) is 19.3 Å². The Balaban J connectivity index is 2.30. The normalized spacial score (nSPS) is 18.7. The standard InChI is InChI=1S/C14H22N4/c1-10-4-7-17-13(11(10)12(15)16)18-8-5-14(2,3)6-9-18/h4,7H,5-6,8-9H2,1-3H3,(H3,15,16). The maximum absolute atomic E-state index is 7.72. The summed E-state index contributed by atoms with van der Waals surface area (Å²) in [6.07, 6.45) is 4.11. The molecule has 0 bridgehead atoms. The highest BCUT2D eigenvalue weighted by atomic mass is 15.2. The molecule has 1 aromatic heterocycles. The first-order chi connectivity index (χ1) is 8.41. The van der Waals surface area contributed by atoms with E-state index in [1.54, 1.807) is 6.20 Å². The van der Waals surface area contributed by atoms with E-state index >= 15 is 0 Å². The Morgan fingerprint density at radius 2 is 2.00 bits per heavy atom. The van der Waals surface area contributed by atoms with Gasteiger partial charge >= 0.3 is 0 Å². The molecule has 1 fully saturated rings. The van der Waals surface area contributed by atoms with Crippen LogP contribution in [0.2, 0.25) is 0 Å². The fourth-order valence-corrected chi connectivity index (χ4v) is 2.44. The molecule has 0 atom stereocenters. The average Bonchev–Trinajstić information content (AvgIpc) is 2.28. The number of nitrogen functional groups attached to an aromatic ring is 1. The molecule has 0 saturated carbocycles. The van der Waals surface area contributed by atoms with Gasteiger partial charge in [-0.25, -0.2) is 4.98 Å². The zero-order valence-electron chi connectivity index (χ0n) is 11.5. The number of anilines is 1. The van der Waals surface area contributed by atoms with Crippen LogP contribution in [0.1, 0.15) is 37.8 Å². The third-order valence-corrected chi connectivity index (χ3v) is 3.83. The van der Waals surface area contributed by atoms with Gasteiger partial charge in [-0.2, -0.15) is 0 Å². The third kappa shape index (κ3) is 2.47. The number of pyridine rings is 1. The lowest BCUT2D eigenvalue weighted by atomic mass is 9.82. The second-order valence-electron chi connectivity index (χ2n) is 5.89. The van der Waals surface area contributed by atoms with Gasteiger partial charge in [0.1, 0.15) is 11.7 Å². The Morgan fingerprint density at radius 3 is 2.56 bits per heavy atom. The zero-order valence-corrected chi connectivity index (χ0v) is 11.5. The summed E-state index contributed by atoms with van der Waals surface area (Å²) in [6.45, 7) is 8.57. The SMILES string of the molecule is Cc1ccnc(N2CCC(C)(C)CC2)c1C(=N)N. The molecule has 98 valence electrons. The fourth-order valence-electron chi connectivity index (χ4n) is 2.44. The number of piperidine rings is 1. The molecule has 1 aromatic rings. The van der Waals surface area contributed by atoms with Crippen molar-refractivity contribution in [3.8, 4) is 0 Å². The van der Waals surface area contributed by atoms with Crippen molar-refractivity contribution in [2.45, 2.75) is 33.6 Å². The Kier molecular flexibility index (Phi) is 3.28. The van der Waals surface area contributed by atoms with E-state index in [9.17, 15) is 0 Å². The second kappa shape index (κ2) is 4.59. The van der Waals surface area contributed by atoms with Crippen LogP contribution < -0.4 is 10.6 Å². The van der Waals surface area contributed by atoms with Gasteiger partial charge in [0.05, 0.1) is 5.56 Å². The number of nitrogens with zero attached hydrogens (tertiary/aromatic N) is 2. The van der Waals surface area contributed by atoms with Crippen molar-refractivity contribution >= 4 is 11.7 Å². The van der Waals surface area contributed by atoms with Crippen LogP contribution in [-0.2, 0) is 0 Å². The van der Waals surface area contributed by atoms with E-state index in [1.165, 1.54) is 0 Å². The minimum atomic E-state index is 0.112. The lowest BCUT2D eigenvalue weighted by Gasteiger charge is -2.38. The maximum Gasteiger partial charge on any atom is 0.139 e. The molecule has 2 rings (SSSR count). The number of hydrogen-bond donors (Lipinski definition) is 2. The van der Waals surface area contributed by atoms with Crippen LogP contribution in [-0.4, -0.2) is 23.9 Å². The molecule has 0 radical (unpaired) electrons. The first-order valence-electron chi connectivity index (χ1n) is 6.46. The fraction of sp³-hybridized carbons (Fsp3) is 0.571. The van der Waals surface area contributed by atoms with Crippen LogP contribution in [0.15, 0.2) is 12.3 Å². The van der Waals surface area contributed by atoms with Crippen molar-refractivity contribution in [3.05, 3.63) is 23.4 Å². The highest BCUT2D eigenvalue weighted by Crippen LogP contribution is 2.32. The van der Waals surface area contributed by atoms with Crippen LogP contribution in [0, 0.1) is 17.7 Å². The van der Waals surface area contributed by atoms with Gasteiger partial charge in [-0.05, 0) is 36.8 Å². The number of nitrogens with two attached hydrogens (primary N) is 1. The van der Waals surface area contributed by atoms with Gasteiger partial charge in [0.2, 0.25) is 0 Å². The van der Waals surface area contributed by atoms with E-state index in [4.69, 9.17) is 11.1 Å². The van der Waals surface area contributed by atoms with Gasteiger partial charge in [-0.3, -0.25) is 5.41 Å². The molecule has 2 heterocycles. The van der Waals surface area contributed by atoms with Crippen molar-refractivity contribution < 1.29 is 0 Å². The molecule has 1 saturated heterocycles. The molecule has 1 aliphatic rings. The first kappa shape index (κ1) is 12.9. The van der Waals surface area contributed by atoms with E-state index in [-0.39, 0.29) is 5.84 Å². The molecule has 3 N–H and O–H groups in total. The highest BCUT2D eigenvalue weighted by molar-refractivity contribution is 6.01. The summed E-state index contributed by atoms with van der Waals surface area (Å²) >= 11 is 0. The smallest absolute Gasteiger partial charge is 0.139 e. The minimum Gasteiger partial charge on any atom is -0.384 e. The second-order valence-corrected chi connectivity index (χ2v) is 5.89. The van der Waals surface area contributed by atoms with Crippen molar-refractivity contribution in [1.29, 1.82) is 5.41 Å². The van der Waals surface area contributed by atoms with Crippen LogP contribution >= 0.6 is 0 Å². The van der Waals surface area contributed by atoms with E-state index in [2.05, 4.69) is 23.7 Å². The lowest BCUT2D eigenvalue weighted by Crippen LogP contribution is -2.39. The predicted molar refractivity (Wildman–Crippen MR) is 75.2 cm³/mol. The summed E-state index contributed by atoms with van der Waals surface area (Å²) in [5.74, 6) is 0.985. The van der Waals surface area contributed by atoms with E-state index in [1.807, 2.05) is 13.0 Å². The Bertz CT molecular complexity index is 455. The first-order valence-corrected chi connectivity index (χ1v) is 6.46. The topological polar surface area (TPSA) is 66.0 Å². The summed E-state index contributed by atoms with van der Waals surface area (Å²) in [5, 5.41) is 7.72. The van der Waals surface area contributed by atoms with Crippen LogP contribution in [0.25, 0.3) is 0 Å². The van der Waals surface area contributed by atoms with Crippen LogP contribution in [0.5, 0.6) is 0 Å². The molecule has 1 aliphatic heterocycles. The van der Waals surface area contributed by atoms with Crippen molar-refractivity contribution in [2.75, 3.05) is 18.0 Å². The summed E-state index contributed by atoms with van der Waals surface area (Å²) in [5.41, 5.74) is 7.92. The van der Waals surface area contributed by atoms with Gasteiger partial charge in [-0.15, -0.1) is 0 Å². The minimum absolute atomic E-state index is 0.112. The molecule has 0 unspecified atom stereocenters. The Hall–Kier alpha value is -1.58. The largest absolute Gasteiger partial charge is 0.384 e. The molecule has 0 spiro atoms. The van der Waals surface area contributed by atoms with E-state index < -0.39 is 0 Å². The zero-order chi connectivity index (χ0) is 13.3. The number of amidine groups is 1. The van der Waals surface area contributed by atoms with Crippen LogP contribution in [0.4, 0.5) is 5.82 Å². The number of rotatable bonds is 2. The summed E-state index contributed by atoms with van der Waals surface area (Å²) < 4.78 is 0. The lowest BCUT2D eigenvalue weighted by molar-refractivity contribution is 0.279. The predicted octanol–water partition coefficient (Wildman–Crippen LogP) is 2.30. The van der Waals surface area contributed by atoms with E-state index in [0.717, 1.165) is 42.9 Å². The molecule has 4 heteroatoms. The van der Waals surface area contributed by atoms with Gasteiger partial charge in [-0.1, -0.05) is 13.8 Å². The average molecular weight is 246 g/mol. The van der Waals surface area contributed by atoms with Crippen molar-refractivity contribution in [1.82, 2.24) is 4.98 Å². The molecule has 0 aromatic carbocycles. The number of hydrogen-bond acceptors (Lipinski definition) is 3. The maximum atomic E-state index is 7.72. The molecular formula is C14H22N4. The Morgan fingerprint density at radius 1 is 1.39 bits per heavy atom. The number of nitrogens with one attached hydrogen (secondary N) is 1. The highest BCUT2D eigenvalue weighted by Gasteiger charge is 2.27.